The van der Waals surface area contributed by atoms with Gasteiger partial charge in [0.2, 0.25) is 11.8 Å². The molecule has 0 radical (unpaired) electrons. The molecule has 6 nitrogen and oxygen atoms in total. The van der Waals surface area contributed by atoms with Crippen LogP contribution in [0.5, 0.6) is 0 Å². The molecule has 23 heavy (non-hydrogen) atoms. The second-order valence-electron chi connectivity index (χ2n) is 5.75. The maximum Gasteiger partial charge on any atom is 0.337 e. The monoisotopic (exact) mass is 354 g/mol. The Balaban J connectivity index is 1.76. The highest BCUT2D eigenvalue weighted by Gasteiger charge is 2.52. The lowest BCUT2D eigenvalue weighted by molar-refractivity contribution is -0.135. The number of benzene rings is 1. The lowest BCUT2D eigenvalue weighted by Crippen LogP contribution is -2.48. The molecule has 2 heterocycles. The van der Waals surface area contributed by atoms with E-state index < -0.39 is 12.0 Å². The summed E-state index contributed by atoms with van der Waals surface area (Å²) in [5.41, 5.74) is 0.388. The first kappa shape index (κ1) is 16.1. The van der Waals surface area contributed by atoms with Gasteiger partial charge in [0.05, 0.1) is 15.5 Å². The summed E-state index contributed by atoms with van der Waals surface area (Å²) >= 11 is 7.52. The van der Waals surface area contributed by atoms with Gasteiger partial charge in [-0.05, 0) is 31.5 Å². The van der Waals surface area contributed by atoms with Gasteiger partial charge in [0, 0.05) is 17.9 Å². The second kappa shape index (κ2) is 5.72. The summed E-state index contributed by atoms with van der Waals surface area (Å²) in [6, 6.07) is 3.71. The number of rotatable bonds is 3. The van der Waals surface area contributed by atoms with E-state index in [1.54, 1.807) is 16.7 Å². The average molecular weight is 355 g/mol. The number of fused-ring (bicyclic) bond motifs is 1. The molecule has 8 heteroatoms. The number of carboxylic acid groups (broad SMARTS) is 1. The van der Waals surface area contributed by atoms with Crippen LogP contribution in [0.25, 0.3) is 0 Å². The van der Waals surface area contributed by atoms with E-state index in [0.717, 1.165) is 6.42 Å². The van der Waals surface area contributed by atoms with Crippen LogP contribution in [-0.4, -0.2) is 44.5 Å². The summed E-state index contributed by atoms with van der Waals surface area (Å²) in [4.78, 5) is 36.9. The number of anilines is 1. The predicted octanol–water partition coefficient (Wildman–Crippen LogP) is 2.43. The molecule has 0 bridgehead atoms. The third-order valence-electron chi connectivity index (χ3n) is 4.21. The number of halogens is 1. The van der Waals surface area contributed by atoms with Crippen LogP contribution in [0.2, 0.25) is 5.02 Å². The first-order valence-electron chi connectivity index (χ1n) is 7.12. The van der Waals surface area contributed by atoms with Gasteiger partial charge in [-0.15, -0.1) is 11.8 Å². The fourth-order valence-corrected chi connectivity index (χ4v) is 4.70. The van der Waals surface area contributed by atoms with Gasteiger partial charge in [-0.1, -0.05) is 11.6 Å². The fourth-order valence-electron chi connectivity index (χ4n) is 3.01. The molecule has 2 unspecified atom stereocenters. The molecule has 2 aliphatic rings. The van der Waals surface area contributed by atoms with Crippen molar-refractivity contribution in [2.75, 3.05) is 11.1 Å². The minimum absolute atomic E-state index is 0.00286. The van der Waals surface area contributed by atoms with Gasteiger partial charge in [0.15, 0.2) is 0 Å². The van der Waals surface area contributed by atoms with Crippen molar-refractivity contribution >= 4 is 46.8 Å². The SMILES string of the molecule is CC12CCC(=O)N1C(C(=O)Nc1ccc(C(=O)O)c(Cl)c1)CS2. The van der Waals surface area contributed by atoms with E-state index >= 15 is 0 Å². The van der Waals surface area contributed by atoms with Crippen LogP contribution < -0.4 is 5.32 Å². The van der Waals surface area contributed by atoms with Crippen LogP contribution in [0, 0.1) is 0 Å². The molecule has 2 saturated heterocycles. The number of amides is 2. The summed E-state index contributed by atoms with van der Waals surface area (Å²) in [6.45, 7) is 1.98. The van der Waals surface area contributed by atoms with Gasteiger partial charge in [0.1, 0.15) is 6.04 Å². The Bertz CT molecular complexity index is 711. The molecule has 122 valence electrons. The molecule has 0 aliphatic carbocycles. The van der Waals surface area contributed by atoms with E-state index in [0.29, 0.717) is 17.9 Å². The van der Waals surface area contributed by atoms with E-state index in [2.05, 4.69) is 5.32 Å². The molecular formula is C15H15ClN2O4S. The van der Waals surface area contributed by atoms with Crippen molar-refractivity contribution in [3.8, 4) is 0 Å². The molecule has 2 fully saturated rings. The molecule has 0 saturated carbocycles. The summed E-state index contributed by atoms with van der Waals surface area (Å²) in [7, 11) is 0. The van der Waals surface area contributed by atoms with Gasteiger partial charge in [0.25, 0.3) is 0 Å². The smallest absolute Gasteiger partial charge is 0.337 e. The number of aromatic carboxylic acids is 1. The summed E-state index contributed by atoms with van der Waals surface area (Å²) in [5.74, 6) is -0.860. The molecule has 1 aromatic carbocycles. The molecule has 0 aromatic heterocycles. The van der Waals surface area contributed by atoms with E-state index in [1.807, 2.05) is 6.92 Å². The Morgan fingerprint density at radius 1 is 1.48 bits per heavy atom. The molecule has 2 amide bonds. The highest BCUT2D eigenvalue weighted by molar-refractivity contribution is 8.01. The second-order valence-corrected chi connectivity index (χ2v) is 7.66. The van der Waals surface area contributed by atoms with Crippen molar-refractivity contribution in [2.45, 2.75) is 30.7 Å². The van der Waals surface area contributed by atoms with Crippen LogP contribution >= 0.6 is 23.4 Å². The number of nitrogens with zero attached hydrogens (tertiary/aromatic N) is 1. The molecule has 3 rings (SSSR count). The van der Waals surface area contributed by atoms with E-state index in [1.165, 1.54) is 18.2 Å². The zero-order chi connectivity index (χ0) is 16.8. The molecular weight excluding hydrogens is 340 g/mol. The Hall–Kier alpha value is -1.73. The quantitative estimate of drug-likeness (QED) is 0.870. The van der Waals surface area contributed by atoms with Gasteiger partial charge < -0.3 is 15.3 Å². The Labute approximate surface area is 142 Å². The minimum Gasteiger partial charge on any atom is -0.478 e. The summed E-state index contributed by atoms with van der Waals surface area (Å²) < 4.78 is 0. The minimum atomic E-state index is -1.13. The lowest BCUT2D eigenvalue weighted by atomic mass is 10.2. The van der Waals surface area contributed by atoms with E-state index in [-0.39, 0.29) is 27.3 Å². The van der Waals surface area contributed by atoms with Crippen molar-refractivity contribution in [1.82, 2.24) is 4.90 Å². The predicted molar refractivity (Wildman–Crippen MR) is 87.8 cm³/mol. The van der Waals surface area contributed by atoms with Gasteiger partial charge in [-0.25, -0.2) is 4.79 Å². The number of nitrogens with one attached hydrogen (secondary N) is 1. The van der Waals surface area contributed by atoms with Gasteiger partial charge >= 0.3 is 5.97 Å². The van der Waals surface area contributed by atoms with Crippen molar-refractivity contribution < 1.29 is 19.5 Å². The molecule has 0 spiro atoms. The maximum atomic E-state index is 12.5. The molecule has 2 aliphatic heterocycles. The fraction of sp³-hybridized carbons (Fsp3) is 0.400. The van der Waals surface area contributed by atoms with Crippen LogP contribution in [0.4, 0.5) is 5.69 Å². The highest BCUT2D eigenvalue weighted by atomic mass is 35.5. The van der Waals surface area contributed by atoms with Crippen molar-refractivity contribution in [2.24, 2.45) is 0 Å². The molecule has 2 atom stereocenters. The Kier molecular flexibility index (Phi) is 4.01. The van der Waals surface area contributed by atoms with Crippen molar-refractivity contribution in [3.63, 3.8) is 0 Å². The zero-order valence-electron chi connectivity index (χ0n) is 12.3. The number of thioether (sulfide) groups is 1. The number of carboxylic acids is 1. The topological polar surface area (TPSA) is 86.7 Å². The van der Waals surface area contributed by atoms with Crippen LogP contribution in [0.15, 0.2) is 18.2 Å². The number of hydrogen-bond donors (Lipinski definition) is 2. The molecule has 1 aromatic rings. The largest absolute Gasteiger partial charge is 0.478 e. The Morgan fingerprint density at radius 3 is 2.87 bits per heavy atom. The Morgan fingerprint density at radius 2 is 2.22 bits per heavy atom. The lowest BCUT2D eigenvalue weighted by Gasteiger charge is -2.29. The number of carbonyl (C=O) groups is 3. The third kappa shape index (κ3) is 2.79. The third-order valence-corrected chi connectivity index (χ3v) is 6.03. The van der Waals surface area contributed by atoms with Crippen molar-refractivity contribution in [1.29, 1.82) is 0 Å². The van der Waals surface area contributed by atoms with Gasteiger partial charge in [-0.3, -0.25) is 9.59 Å². The van der Waals surface area contributed by atoms with Gasteiger partial charge in [-0.2, -0.15) is 0 Å². The maximum absolute atomic E-state index is 12.5. The summed E-state index contributed by atoms with van der Waals surface area (Å²) in [6.07, 6.45) is 1.21. The van der Waals surface area contributed by atoms with E-state index in [9.17, 15) is 14.4 Å². The summed E-state index contributed by atoms with van der Waals surface area (Å²) in [5, 5.41) is 11.7. The zero-order valence-corrected chi connectivity index (χ0v) is 13.9. The van der Waals surface area contributed by atoms with Crippen LogP contribution in [-0.2, 0) is 9.59 Å². The van der Waals surface area contributed by atoms with Crippen molar-refractivity contribution in [3.05, 3.63) is 28.8 Å². The number of hydrogen-bond acceptors (Lipinski definition) is 4. The first-order valence-corrected chi connectivity index (χ1v) is 8.48. The first-order chi connectivity index (χ1) is 10.8. The standard InChI is InChI=1S/C15H15ClN2O4S/c1-15-5-4-12(19)18(15)11(7-23-15)13(20)17-8-2-3-9(14(21)22)10(16)6-8/h2-3,6,11H,4-5,7H2,1H3,(H,17,20)(H,21,22). The van der Waals surface area contributed by atoms with Crippen LogP contribution in [0.3, 0.4) is 0 Å². The number of carbonyl (C=O) groups excluding carboxylic acids is 2. The highest BCUT2D eigenvalue weighted by Crippen LogP contribution is 2.47. The normalized spacial score (nSPS) is 26.3. The average Bonchev–Trinajstić information content (AvgIpc) is 2.96. The molecule has 2 N–H and O–H groups in total. The van der Waals surface area contributed by atoms with E-state index in [4.69, 9.17) is 16.7 Å². The van der Waals surface area contributed by atoms with Crippen LogP contribution in [0.1, 0.15) is 30.1 Å².